The Morgan fingerprint density at radius 3 is 2.85 bits per heavy atom. The molecule has 20 heavy (non-hydrogen) atoms. The second-order valence-corrected chi connectivity index (χ2v) is 4.89. The summed E-state index contributed by atoms with van der Waals surface area (Å²) in [6.45, 7) is 5.22. The van der Waals surface area contributed by atoms with Crippen LogP contribution in [0.25, 0.3) is 0 Å². The maximum atomic E-state index is 11.8. The van der Waals surface area contributed by atoms with Crippen molar-refractivity contribution >= 4 is 17.4 Å². The number of ether oxygens (including phenoxy) is 1. The normalized spacial score (nSPS) is 16.8. The van der Waals surface area contributed by atoms with Gasteiger partial charge in [0.05, 0.1) is 31.1 Å². The summed E-state index contributed by atoms with van der Waals surface area (Å²) in [5.41, 5.74) is 6.81. The first-order valence-corrected chi connectivity index (χ1v) is 7.06. The highest BCUT2D eigenvalue weighted by molar-refractivity contribution is 5.93. The number of rotatable bonds is 5. The van der Waals surface area contributed by atoms with Crippen LogP contribution >= 0.6 is 0 Å². The summed E-state index contributed by atoms with van der Waals surface area (Å²) < 4.78 is 5.31. The van der Waals surface area contributed by atoms with Gasteiger partial charge in [-0.2, -0.15) is 0 Å². The van der Waals surface area contributed by atoms with E-state index in [1.165, 1.54) is 0 Å². The van der Waals surface area contributed by atoms with Gasteiger partial charge in [-0.05, 0) is 18.6 Å². The van der Waals surface area contributed by atoms with Crippen molar-refractivity contribution in [2.75, 3.05) is 36.5 Å². The van der Waals surface area contributed by atoms with E-state index < -0.39 is 6.04 Å². The lowest BCUT2D eigenvalue weighted by atomic mass is 10.2. The molecule has 1 aliphatic rings. The summed E-state index contributed by atoms with van der Waals surface area (Å²) in [5.74, 6) is 0.358. The number of nitrogens with one attached hydrogen (secondary N) is 1. The molecule has 1 atom stereocenters. The number of pyridine rings is 1. The number of nitrogens with zero attached hydrogens (tertiary/aromatic N) is 2. The second-order valence-electron chi connectivity index (χ2n) is 4.89. The molecule has 1 fully saturated rings. The van der Waals surface area contributed by atoms with Crippen LogP contribution in [0.5, 0.6) is 0 Å². The number of amides is 1. The minimum Gasteiger partial charge on any atom is -0.378 e. The van der Waals surface area contributed by atoms with E-state index in [0.29, 0.717) is 12.2 Å². The van der Waals surface area contributed by atoms with E-state index in [4.69, 9.17) is 10.5 Å². The molecule has 0 radical (unpaired) electrons. The lowest BCUT2D eigenvalue weighted by Crippen LogP contribution is -2.36. The summed E-state index contributed by atoms with van der Waals surface area (Å²) >= 11 is 0. The fourth-order valence-corrected chi connectivity index (χ4v) is 2.13. The number of hydrogen-bond donors (Lipinski definition) is 2. The summed E-state index contributed by atoms with van der Waals surface area (Å²) in [6.07, 6.45) is 3.34. The molecule has 0 bridgehead atoms. The van der Waals surface area contributed by atoms with Crippen LogP contribution in [0.15, 0.2) is 18.3 Å². The van der Waals surface area contributed by atoms with Gasteiger partial charge in [0.25, 0.3) is 0 Å². The van der Waals surface area contributed by atoms with E-state index in [0.717, 1.165) is 38.4 Å². The van der Waals surface area contributed by atoms with E-state index in [2.05, 4.69) is 15.2 Å². The molecule has 0 saturated carbocycles. The smallest absolute Gasteiger partial charge is 0.242 e. The summed E-state index contributed by atoms with van der Waals surface area (Å²) in [6, 6.07) is 3.29. The summed E-state index contributed by atoms with van der Waals surface area (Å²) in [4.78, 5) is 18.3. The number of carbonyl (C=O) groups excluding carboxylic acids is 1. The Labute approximate surface area is 119 Å². The van der Waals surface area contributed by atoms with Crippen LogP contribution < -0.4 is 16.0 Å². The van der Waals surface area contributed by atoms with Gasteiger partial charge < -0.3 is 20.7 Å². The van der Waals surface area contributed by atoms with Gasteiger partial charge in [0.2, 0.25) is 5.91 Å². The Morgan fingerprint density at radius 2 is 2.25 bits per heavy atom. The van der Waals surface area contributed by atoms with E-state index in [1.807, 2.05) is 13.0 Å². The molecule has 110 valence electrons. The summed E-state index contributed by atoms with van der Waals surface area (Å²) in [7, 11) is 0. The first kappa shape index (κ1) is 14.7. The third-order valence-corrected chi connectivity index (χ3v) is 3.31. The molecule has 2 rings (SSSR count). The lowest BCUT2D eigenvalue weighted by molar-refractivity contribution is -0.117. The highest BCUT2D eigenvalue weighted by Gasteiger charge is 2.14. The van der Waals surface area contributed by atoms with E-state index in [-0.39, 0.29) is 5.91 Å². The van der Waals surface area contributed by atoms with Gasteiger partial charge in [-0.25, -0.2) is 4.98 Å². The summed E-state index contributed by atoms with van der Waals surface area (Å²) in [5, 5.41) is 2.74. The molecule has 1 aliphatic heterocycles. The highest BCUT2D eigenvalue weighted by Crippen LogP contribution is 2.16. The topological polar surface area (TPSA) is 80.5 Å². The average Bonchev–Trinajstić information content (AvgIpc) is 2.49. The van der Waals surface area contributed by atoms with Gasteiger partial charge in [0.15, 0.2) is 0 Å². The molecule has 3 N–H and O–H groups in total. The molecule has 1 amide bonds. The molecule has 2 heterocycles. The van der Waals surface area contributed by atoms with Gasteiger partial charge in [-0.15, -0.1) is 0 Å². The number of nitrogens with two attached hydrogens (primary N) is 1. The zero-order valence-electron chi connectivity index (χ0n) is 11.8. The highest BCUT2D eigenvalue weighted by atomic mass is 16.5. The molecule has 0 spiro atoms. The van der Waals surface area contributed by atoms with E-state index >= 15 is 0 Å². The molecule has 1 aromatic rings. The number of aromatic nitrogens is 1. The number of morpholine rings is 1. The molecule has 1 unspecified atom stereocenters. The van der Waals surface area contributed by atoms with Gasteiger partial charge in [-0.1, -0.05) is 13.3 Å². The Bertz CT molecular complexity index is 429. The average molecular weight is 278 g/mol. The zero-order chi connectivity index (χ0) is 14.4. The van der Waals surface area contributed by atoms with Crippen LogP contribution in [0.4, 0.5) is 11.5 Å². The van der Waals surface area contributed by atoms with E-state index in [9.17, 15) is 4.79 Å². The largest absolute Gasteiger partial charge is 0.378 e. The van der Waals surface area contributed by atoms with Crippen LogP contribution in [0.2, 0.25) is 0 Å². The fraction of sp³-hybridized carbons (Fsp3) is 0.571. The molecular formula is C14H22N4O2. The third-order valence-electron chi connectivity index (χ3n) is 3.31. The maximum absolute atomic E-state index is 11.8. The van der Waals surface area contributed by atoms with Crippen LogP contribution in [-0.2, 0) is 9.53 Å². The van der Waals surface area contributed by atoms with Crippen molar-refractivity contribution in [1.82, 2.24) is 4.98 Å². The van der Waals surface area contributed by atoms with Crippen LogP contribution in [0, 0.1) is 0 Å². The van der Waals surface area contributed by atoms with Crippen molar-refractivity contribution in [1.29, 1.82) is 0 Å². The monoisotopic (exact) mass is 278 g/mol. The lowest BCUT2D eigenvalue weighted by Gasteiger charge is -2.28. The number of hydrogen-bond acceptors (Lipinski definition) is 5. The molecule has 6 nitrogen and oxygen atoms in total. The molecule has 0 aliphatic carbocycles. The van der Waals surface area contributed by atoms with Crippen molar-refractivity contribution < 1.29 is 9.53 Å². The van der Waals surface area contributed by atoms with Crippen LogP contribution in [0.3, 0.4) is 0 Å². The Hall–Kier alpha value is -1.66. The Kier molecular flexibility index (Phi) is 5.31. The Morgan fingerprint density at radius 1 is 1.50 bits per heavy atom. The predicted molar refractivity (Wildman–Crippen MR) is 78.8 cm³/mol. The van der Waals surface area contributed by atoms with Crippen molar-refractivity contribution in [2.24, 2.45) is 5.73 Å². The predicted octanol–water partition coefficient (Wildman–Crippen LogP) is 0.984. The quantitative estimate of drug-likeness (QED) is 0.839. The zero-order valence-corrected chi connectivity index (χ0v) is 11.8. The number of anilines is 2. The molecule has 0 aromatic carbocycles. The maximum Gasteiger partial charge on any atom is 0.242 e. The SMILES string of the molecule is CCCC(N)C(=O)Nc1ccc(N2CCOCC2)cn1. The van der Waals surface area contributed by atoms with Crippen molar-refractivity contribution in [3.63, 3.8) is 0 Å². The molecular weight excluding hydrogens is 256 g/mol. The molecule has 1 saturated heterocycles. The fourth-order valence-electron chi connectivity index (χ4n) is 2.13. The Balaban J connectivity index is 1.92. The van der Waals surface area contributed by atoms with Gasteiger partial charge in [0, 0.05) is 13.1 Å². The van der Waals surface area contributed by atoms with Crippen LogP contribution in [0.1, 0.15) is 19.8 Å². The van der Waals surface area contributed by atoms with Gasteiger partial charge >= 0.3 is 0 Å². The standard InChI is InChI=1S/C14H22N4O2/c1-2-3-12(15)14(19)17-13-5-4-11(10-16-13)18-6-8-20-9-7-18/h4-5,10,12H,2-3,6-9,15H2,1H3,(H,16,17,19). The minimum atomic E-state index is -0.472. The third kappa shape index (κ3) is 3.91. The van der Waals surface area contributed by atoms with Gasteiger partial charge in [-0.3, -0.25) is 4.79 Å². The first-order valence-electron chi connectivity index (χ1n) is 7.06. The number of carbonyl (C=O) groups is 1. The van der Waals surface area contributed by atoms with Crippen molar-refractivity contribution in [3.05, 3.63) is 18.3 Å². The molecule has 6 heteroatoms. The van der Waals surface area contributed by atoms with Crippen molar-refractivity contribution in [2.45, 2.75) is 25.8 Å². The van der Waals surface area contributed by atoms with E-state index in [1.54, 1.807) is 12.3 Å². The van der Waals surface area contributed by atoms with Gasteiger partial charge in [0.1, 0.15) is 5.82 Å². The van der Waals surface area contributed by atoms with Crippen molar-refractivity contribution in [3.8, 4) is 0 Å². The van der Waals surface area contributed by atoms with Crippen LogP contribution in [-0.4, -0.2) is 43.2 Å². The second kappa shape index (κ2) is 7.21. The molecule has 1 aromatic heterocycles. The first-order chi connectivity index (χ1) is 9.70. The minimum absolute atomic E-state index is 0.182.